The van der Waals surface area contributed by atoms with Gasteiger partial charge in [0.2, 0.25) is 0 Å². The Labute approximate surface area is 66.6 Å². The average Bonchev–Trinajstić information content (AvgIpc) is 1.82. The van der Waals surface area contributed by atoms with E-state index in [-0.39, 0.29) is 6.10 Å². The molecule has 0 aromatic heterocycles. The van der Waals surface area contributed by atoms with E-state index in [0.29, 0.717) is 5.92 Å². The molecular weight excluding hydrogens is 146 g/mol. The lowest BCUT2D eigenvalue weighted by Gasteiger charge is -2.09. The zero-order valence-electron chi connectivity index (χ0n) is 7.24. The van der Waals surface area contributed by atoms with Crippen LogP contribution in [0.2, 0.25) is 0 Å². The number of hydrogen-bond donors (Lipinski definition) is 0. The van der Waals surface area contributed by atoms with Gasteiger partial charge in [-0.05, 0) is 25.7 Å². The molecule has 0 saturated heterocycles. The molecule has 0 unspecified atom stereocenters. The second-order valence-electron chi connectivity index (χ2n) is 3.11. The molecular formula is C7H15NO3. The lowest BCUT2D eigenvalue weighted by molar-refractivity contribution is -0.767. The van der Waals surface area contributed by atoms with E-state index in [9.17, 15) is 10.1 Å². The van der Waals surface area contributed by atoms with Gasteiger partial charge >= 0.3 is 0 Å². The highest BCUT2D eigenvalue weighted by Crippen LogP contribution is 2.08. The molecule has 0 aromatic rings. The summed E-state index contributed by atoms with van der Waals surface area (Å²) in [6, 6.07) is 0. The molecule has 0 rings (SSSR count). The van der Waals surface area contributed by atoms with Crippen LogP contribution in [0.25, 0.3) is 0 Å². The van der Waals surface area contributed by atoms with Crippen molar-refractivity contribution in [2.24, 2.45) is 5.92 Å². The average molecular weight is 161 g/mol. The van der Waals surface area contributed by atoms with E-state index >= 15 is 0 Å². The van der Waals surface area contributed by atoms with Gasteiger partial charge in [-0.2, -0.15) is 0 Å². The number of nitrogens with zero attached hydrogens (tertiary/aromatic N) is 1. The Hall–Kier alpha value is -0.800. The van der Waals surface area contributed by atoms with Crippen LogP contribution in [0.1, 0.15) is 33.6 Å². The maximum absolute atomic E-state index is 9.84. The first kappa shape index (κ1) is 10.2. The third kappa shape index (κ3) is 7.09. The van der Waals surface area contributed by atoms with E-state index in [1.165, 1.54) is 0 Å². The third-order valence-corrected chi connectivity index (χ3v) is 1.42. The summed E-state index contributed by atoms with van der Waals surface area (Å²) in [7, 11) is 0. The first-order chi connectivity index (χ1) is 5.02. The molecule has 0 radical (unpaired) electrons. The zero-order chi connectivity index (χ0) is 8.85. The van der Waals surface area contributed by atoms with E-state index in [1.54, 1.807) is 6.92 Å². The highest BCUT2D eigenvalue weighted by atomic mass is 17.0. The second kappa shape index (κ2) is 4.93. The van der Waals surface area contributed by atoms with Crippen LogP contribution in [-0.2, 0) is 4.84 Å². The first-order valence-corrected chi connectivity index (χ1v) is 3.83. The van der Waals surface area contributed by atoms with Crippen LogP contribution in [0.15, 0.2) is 0 Å². The molecule has 0 aromatic carbocycles. The van der Waals surface area contributed by atoms with E-state index in [0.717, 1.165) is 12.8 Å². The molecule has 11 heavy (non-hydrogen) atoms. The normalized spacial score (nSPS) is 13.1. The van der Waals surface area contributed by atoms with E-state index in [4.69, 9.17) is 0 Å². The molecule has 0 N–H and O–H groups in total. The van der Waals surface area contributed by atoms with Gasteiger partial charge in [0.05, 0.1) is 0 Å². The minimum atomic E-state index is -0.731. The summed E-state index contributed by atoms with van der Waals surface area (Å²) in [5.41, 5.74) is 0. The predicted molar refractivity (Wildman–Crippen MR) is 41.6 cm³/mol. The van der Waals surface area contributed by atoms with Crippen molar-refractivity contribution >= 4 is 0 Å². The van der Waals surface area contributed by atoms with Crippen molar-refractivity contribution in [3.63, 3.8) is 0 Å². The van der Waals surface area contributed by atoms with Crippen molar-refractivity contribution in [3.05, 3.63) is 10.1 Å². The molecule has 66 valence electrons. The lowest BCUT2D eigenvalue weighted by atomic mass is 10.1. The van der Waals surface area contributed by atoms with Crippen molar-refractivity contribution in [2.75, 3.05) is 0 Å². The Kier molecular flexibility index (Phi) is 4.57. The van der Waals surface area contributed by atoms with Crippen molar-refractivity contribution in [3.8, 4) is 0 Å². The minimum Gasteiger partial charge on any atom is -0.311 e. The third-order valence-electron chi connectivity index (χ3n) is 1.42. The van der Waals surface area contributed by atoms with Gasteiger partial charge in [0.1, 0.15) is 6.10 Å². The summed E-state index contributed by atoms with van der Waals surface area (Å²) >= 11 is 0. The van der Waals surface area contributed by atoms with Gasteiger partial charge in [0.15, 0.2) is 0 Å². The topological polar surface area (TPSA) is 52.4 Å². The molecule has 0 aliphatic rings. The standard InChI is InChI=1S/C7H15NO3/c1-6(2)4-5-7(3)11-8(9)10/h6-7H,4-5H2,1-3H3/t7-/m1/s1. The van der Waals surface area contributed by atoms with E-state index in [2.05, 4.69) is 18.7 Å². The maximum Gasteiger partial charge on any atom is 0.294 e. The van der Waals surface area contributed by atoms with Crippen molar-refractivity contribution in [1.29, 1.82) is 0 Å². The number of rotatable bonds is 5. The summed E-state index contributed by atoms with van der Waals surface area (Å²) in [5.74, 6) is 0.577. The molecule has 1 atom stereocenters. The van der Waals surface area contributed by atoms with Crippen LogP contribution in [0, 0.1) is 16.0 Å². The fraction of sp³-hybridized carbons (Fsp3) is 1.00. The van der Waals surface area contributed by atoms with Gasteiger partial charge in [0, 0.05) is 0 Å². The van der Waals surface area contributed by atoms with Crippen LogP contribution in [0.4, 0.5) is 0 Å². The molecule has 0 bridgehead atoms. The summed E-state index contributed by atoms with van der Waals surface area (Å²) in [6.07, 6.45) is 1.44. The molecule has 0 saturated carbocycles. The van der Waals surface area contributed by atoms with Gasteiger partial charge in [-0.25, -0.2) is 0 Å². The first-order valence-electron chi connectivity index (χ1n) is 3.83. The Bertz CT molecular complexity index is 125. The Balaban J connectivity index is 3.37. The quantitative estimate of drug-likeness (QED) is 0.458. The largest absolute Gasteiger partial charge is 0.311 e. The Morgan fingerprint density at radius 2 is 1.91 bits per heavy atom. The lowest BCUT2D eigenvalue weighted by Crippen LogP contribution is -2.13. The highest BCUT2D eigenvalue weighted by Gasteiger charge is 2.06. The fourth-order valence-corrected chi connectivity index (χ4v) is 0.768. The van der Waals surface area contributed by atoms with E-state index in [1.807, 2.05) is 0 Å². The molecule has 0 amide bonds. The molecule has 0 aliphatic carbocycles. The van der Waals surface area contributed by atoms with Gasteiger partial charge in [-0.1, -0.05) is 13.8 Å². The maximum atomic E-state index is 9.84. The summed E-state index contributed by atoms with van der Waals surface area (Å²) in [4.78, 5) is 14.2. The fourth-order valence-electron chi connectivity index (χ4n) is 0.768. The molecule has 4 nitrogen and oxygen atoms in total. The van der Waals surface area contributed by atoms with Crippen molar-refractivity contribution in [2.45, 2.75) is 39.7 Å². The van der Waals surface area contributed by atoms with Gasteiger partial charge in [0.25, 0.3) is 5.09 Å². The SMILES string of the molecule is CC(C)CC[C@@H](C)O[N+](=O)[O-]. The summed E-state index contributed by atoms with van der Waals surface area (Å²) < 4.78 is 0. The highest BCUT2D eigenvalue weighted by molar-refractivity contribution is 4.51. The van der Waals surface area contributed by atoms with Crippen LogP contribution < -0.4 is 0 Å². The van der Waals surface area contributed by atoms with Crippen LogP contribution in [-0.4, -0.2) is 11.2 Å². The van der Waals surface area contributed by atoms with Crippen molar-refractivity contribution in [1.82, 2.24) is 0 Å². The molecule has 0 heterocycles. The smallest absolute Gasteiger partial charge is 0.294 e. The van der Waals surface area contributed by atoms with Crippen molar-refractivity contribution < 1.29 is 9.92 Å². The Morgan fingerprint density at radius 3 is 2.27 bits per heavy atom. The Morgan fingerprint density at radius 1 is 1.36 bits per heavy atom. The molecule has 0 fully saturated rings. The minimum absolute atomic E-state index is 0.271. The monoisotopic (exact) mass is 161 g/mol. The van der Waals surface area contributed by atoms with Crippen LogP contribution >= 0.6 is 0 Å². The number of hydrogen-bond acceptors (Lipinski definition) is 3. The predicted octanol–water partition coefficient (Wildman–Crippen LogP) is 2.02. The summed E-state index contributed by atoms with van der Waals surface area (Å²) in [5, 5.41) is 9.11. The van der Waals surface area contributed by atoms with Crippen LogP contribution in [0.5, 0.6) is 0 Å². The van der Waals surface area contributed by atoms with Gasteiger partial charge < -0.3 is 4.84 Å². The van der Waals surface area contributed by atoms with Gasteiger partial charge in [-0.3, -0.25) is 0 Å². The molecule has 4 heteroatoms. The second-order valence-corrected chi connectivity index (χ2v) is 3.11. The molecule has 0 spiro atoms. The van der Waals surface area contributed by atoms with E-state index < -0.39 is 5.09 Å². The molecule has 0 aliphatic heterocycles. The van der Waals surface area contributed by atoms with Gasteiger partial charge in [-0.15, -0.1) is 10.1 Å². The van der Waals surface area contributed by atoms with Crippen LogP contribution in [0.3, 0.4) is 0 Å². The zero-order valence-corrected chi connectivity index (χ0v) is 7.24. The summed E-state index contributed by atoms with van der Waals surface area (Å²) in [6.45, 7) is 5.88.